The molecule has 0 unspecified atom stereocenters. The standard InChI is InChI=1S/C11H15FN2.C10H14FN3/c1-9-2-3-10(6-13-9)7-14-5-4-11(12)8-14;11-9-3-4-14(7-9)6-8-1-2-10(12)13-5-8/h2-3,6,11H,4-5,7-8H2,1H3;1-2,5,9H,3-4,6-7H2,(H2,12,13)/t11-;9-/m00/s1. The van der Waals surface area contributed by atoms with Gasteiger partial charge in [-0.3, -0.25) is 14.8 Å². The van der Waals surface area contributed by atoms with Crippen LogP contribution in [0.5, 0.6) is 0 Å². The van der Waals surface area contributed by atoms with E-state index < -0.39 is 12.3 Å². The highest BCUT2D eigenvalue weighted by molar-refractivity contribution is 5.29. The average Bonchev–Trinajstić information content (AvgIpc) is 3.27. The largest absolute Gasteiger partial charge is 0.384 e. The second kappa shape index (κ2) is 9.89. The van der Waals surface area contributed by atoms with E-state index in [1.54, 1.807) is 12.3 Å². The number of hydrogen-bond acceptors (Lipinski definition) is 5. The summed E-state index contributed by atoms with van der Waals surface area (Å²) in [5.41, 5.74) is 8.76. The van der Waals surface area contributed by atoms with Gasteiger partial charge in [0.05, 0.1) is 0 Å². The number of hydrogen-bond donors (Lipinski definition) is 1. The van der Waals surface area contributed by atoms with Gasteiger partial charge in [-0.2, -0.15) is 0 Å². The van der Waals surface area contributed by atoms with Crippen molar-refractivity contribution in [3.05, 3.63) is 53.5 Å². The van der Waals surface area contributed by atoms with Crippen LogP contribution in [0.15, 0.2) is 36.7 Å². The molecule has 2 aromatic heterocycles. The van der Waals surface area contributed by atoms with Crippen LogP contribution in [0.25, 0.3) is 0 Å². The number of halogens is 2. The summed E-state index contributed by atoms with van der Waals surface area (Å²) in [6, 6.07) is 7.78. The lowest BCUT2D eigenvalue weighted by atomic mass is 10.2. The van der Waals surface area contributed by atoms with Crippen molar-refractivity contribution in [3.63, 3.8) is 0 Å². The third kappa shape index (κ3) is 6.49. The topological polar surface area (TPSA) is 58.3 Å². The Bertz CT molecular complexity index is 659. The zero-order valence-corrected chi connectivity index (χ0v) is 16.4. The molecule has 0 amide bonds. The van der Waals surface area contributed by atoms with Crippen LogP contribution in [0.3, 0.4) is 0 Å². The van der Waals surface area contributed by atoms with Gasteiger partial charge in [-0.15, -0.1) is 0 Å². The van der Waals surface area contributed by atoms with Gasteiger partial charge < -0.3 is 5.73 Å². The maximum atomic E-state index is 12.9. The van der Waals surface area contributed by atoms with Crippen LogP contribution in [0.2, 0.25) is 0 Å². The Labute approximate surface area is 165 Å². The maximum absolute atomic E-state index is 12.9. The van der Waals surface area contributed by atoms with Crippen molar-refractivity contribution in [1.29, 1.82) is 0 Å². The van der Waals surface area contributed by atoms with Crippen molar-refractivity contribution in [1.82, 2.24) is 19.8 Å². The Balaban J connectivity index is 0.000000161. The summed E-state index contributed by atoms with van der Waals surface area (Å²) in [5, 5.41) is 0. The Kier molecular flexibility index (Phi) is 7.28. The van der Waals surface area contributed by atoms with E-state index in [4.69, 9.17) is 5.73 Å². The smallest absolute Gasteiger partial charge is 0.123 e. The average molecular weight is 389 g/mol. The zero-order chi connectivity index (χ0) is 19.9. The number of rotatable bonds is 4. The number of likely N-dealkylation sites (tertiary alicyclic amines) is 2. The minimum absolute atomic E-state index is 0.526. The van der Waals surface area contributed by atoms with E-state index in [9.17, 15) is 8.78 Å². The van der Waals surface area contributed by atoms with Gasteiger partial charge in [0.25, 0.3) is 0 Å². The fraction of sp³-hybridized carbons (Fsp3) is 0.524. The predicted octanol–water partition coefficient (Wildman–Crippen LogP) is 3.14. The summed E-state index contributed by atoms with van der Waals surface area (Å²) in [5.74, 6) is 0.526. The first-order chi connectivity index (χ1) is 13.5. The van der Waals surface area contributed by atoms with Crippen LogP contribution in [-0.4, -0.2) is 58.3 Å². The van der Waals surface area contributed by atoms with Crippen LogP contribution in [0.4, 0.5) is 14.6 Å². The van der Waals surface area contributed by atoms with Crippen molar-refractivity contribution in [3.8, 4) is 0 Å². The van der Waals surface area contributed by atoms with Crippen LogP contribution >= 0.6 is 0 Å². The molecule has 7 heteroatoms. The molecule has 5 nitrogen and oxygen atoms in total. The fourth-order valence-electron chi connectivity index (χ4n) is 3.50. The molecule has 2 saturated heterocycles. The number of nitrogens with two attached hydrogens (primary N) is 1. The van der Waals surface area contributed by atoms with Crippen molar-refractivity contribution in [2.24, 2.45) is 0 Å². The second-order valence-electron chi connectivity index (χ2n) is 7.64. The Morgan fingerprint density at radius 3 is 1.82 bits per heavy atom. The van der Waals surface area contributed by atoms with Gasteiger partial charge in [0.2, 0.25) is 0 Å². The summed E-state index contributed by atoms with van der Waals surface area (Å²) < 4.78 is 25.7. The third-order valence-corrected chi connectivity index (χ3v) is 5.06. The highest BCUT2D eigenvalue weighted by Crippen LogP contribution is 2.16. The number of anilines is 1. The molecule has 0 aliphatic carbocycles. The quantitative estimate of drug-likeness (QED) is 0.871. The normalized spacial score (nSPS) is 22.8. The van der Waals surface area contributed by atoms with Gasteiger partial charge in [-0.05, 0) is 43.0 Å². The van der Waals surface area contributed by atoms with Crippen molar-refractivity contribution in [2.75, 3.05) is 31.9 Å². The molecule has 0 radical (unpaired) electrons. The van der Waals surface area contributed by atoms with Crippen LogP contribution in [0.1, 0.15) is 29.7 Å². The molecule has 2 aliphatic rings. The molecule has 2 aliphatic heterocycles. The van der Waals surface area contributed by atoms with Crippen LogP contribution < -0.4 is 5.73 Å². The van der Waals surface area contributed by atoms with Crippen LogP contribution in [0, 0.1) is 6.92 Å². The molecular weight excluding hydrogens is 360 g/mol. The molecule has 2 atom stereocenters. The summed E-state index contributed by atoms with van der Waals surface area (Å²) in [4.78, 5) is 12.4. The molecule has 4 heterocycles. The van der Waals surface area contributed by atoms with E-state index in [0.29, 0.717) is 31.7 Å². The Hall–Kier alpha value is -2.12. The summed E-state index contributed by atoms with van der Waals surface area (Å²) >= 11 is 0. The first kappa shape index (κ1) is 20.6. The lowest BCUT2D eigenvalue weighted by molar-refractivity contribution is 0.282. The highest BCUT2D eigenvalue weighted by atomic mass is 19.1. The lowest BCUT2D eigenvalue weighted by Crippen LogP contribution is -2.20. The lowest BCUT2D eigenvalue weighted by Gasteiger charge is -2.13. The number of aromatic nitrogens is 2. The van der Waals surface area contributed by atoms with Gasteiger partial charge in [0, 0.05) is 57.4 Å². The summed E-state index contributed by atoms with van der Waals surface area (Å²) in [6.45, 7) is 6.40. The first-order valence-corrected chi connectivity index (χ1v) is 9.82. The maximum Gasteiger partial charge on any atom is 0.123 e. The van der Waals surface area contributed by atoms with E-state index >= 15 is 0 Å². The fourth-order valence-corrected chi connectivity index (χ4v) is 3.50. The first-order valence-electron chi connectivity index (χ1n) is 9.82. The molecule has 2 N–H and O–H groups in total. The molecule has 28 heavy (non-hydrogen) atoms. The van der Waals surface area contributed by atoms with E-state index in [1.807, 2.05) is 25.3 Å². The second-order valence-corrected chi connectivity index (χ2v) is 7.64. The SMILES string of the molecule is Cc1ccc(CN2CC[C@H](F)C2)cn1.Nc1ccc(CN2CC[C@H](F)C2)cn1. The molecule has 2 fully saturated rings. The minimum Gasteiger partial charge on any atom is -0.384 e. The van der Waals surface area contributed by atoms with Crippen molar-refractivity contribution < 1.29 is 8.78 Å². The van der Waals surface area contributed by atoms with E-state index in [2.05, 4.69) is 25.8 Å². The Morgan fingerprint density at radius 2 is 1.43 bits per heavy atom. The van der Waals surface area contributed by atoms with Gasteiger partial charge in [-0.25, -0.2) is 13.8 Å². The van der Waals surface area contributed by atoms with Gasteiger partial charge in [0.1, 0.15) is 18.2 Å². The van der Waals surface area contributed by atoms with E-state index in [1.165, 1.54) is 5.56 Å². The van der Waals surface area contributed by atoms with Crippen LogP contribution in [-0.2, 0) is 13.1 Å². The molecule has 152 valence electrons. The van der Waals surface area contributed by atoms with Crippen molar-refractivity contribution in [2.45, 2.75) is 45.2 Å². The molecule has 4 rings (SSSR count). The Morgan fingerprint density at radius 1 is 0.893 bits per heavy atom. The molecule has 0 saturated carbocycles. The molecule has 0 spiro atoms. The zero-order valence-electron chi connectivity index (χ0n) is 16.4. The van der Waals surface area contributed by atoms with Gasteiger partial charge in [0.15, 0.2) is 0 Å². The van der Waals surface area contributed by atoms with Crippen molar-refractivity contribution >= 4 is 5.82 Å². The number of alkyl halides is 2. The molecule has 0 aromatic carbocycles. The molecule has 2 aromatic rings. The molecular formula is C21H29F2N5. The number of nitrogens with zero attached hydrogens (tertiary/aromatic N) is 4. The van der Waals surface area contributed by atoms with Gasteiger partial charge >= 0.3 is 0 Å². The number of aryl methyl sites for hydroxylation is 1. The molecule has 0 bridgehead atoms. The summed E-state index contributed by atoms with van der Waals surface area (Å²) in [6.07, 6.45) is 3.67. The van der Waals surface area contributed by atoms with Gasteiger partial charge in [-0.1, -0.05) is 12.1 Å². The minimum atomic E-state index is -0.656. The third-order valence-electron chi connectivity index (χ3n) is 5.06. The van der Waals surface area contributed by atoms with E-state index in [0.717, 1.165) is 37.4 Å². The number of nitrogen functional groups attached to an aromatic ring is 1. The van der Waals surface area contributed by atoms with E-state index in [-0.39, 0.29) is 0 Å². The predicted molar refractivity (Wildman–Crippen MR) is 107 cm³/mol. The monoisotopic (exact) mass is 389 g/mol. The number of pyridine rings is 2. The highest BCUT2D eigenvalue weighted by Gasteiger charge is 2.22. The summed E-state index contributed by atoms with van der Waals surface area (Å²) in [7, 11) is 0.